The molecule has 3 nitrogen and oxygen atoms in total. The van der Waals surface area contributed by atoms with E-state index in [0.29, 0.717) is 12.0 Å². The van der Waals surface area contributed by atoms with E-state index in [0.717, 1.165) is 25.9 Å². The molecule has 2 heterocycles. The van der Waals surface area contributed by atoms with E-state index in [-0.39, 0.29) is 18.1 Å². The number of benzene rings is 1. The fourth-order valence-corrected chi connectivity index (χ4v) is 3.74. The van der Waals surface area contributed by atoms with E-state index in [1.807, 2.05) is 6.07 Å². The molecule has 1 aromatic rings. The zero-order valence-corrected chi connectivity index (χ0v) is 12.3. The average molecular weight is 273 g/mol. The molecule has 0 radical (unpaired) electrons. The molecule has 0 saturated carbocycles. The van der Waals surface area contributed by atoms with Crippen molar-refractivity contribution in [3.8, 4) is 0 Å². The van der Waals surface area contributed by atoms with Gasteiger partial charge in [-0.25, -0.2) is 0 Å². The Morgan fingerprint density at radius 1 is 1.25 bits per heavy atom. The molecule has 1 aromatic carbocycles. The van der Waals surface area contributed by atoms with Gasteiger partial charge in [-0.2, -0.15) is 0 Å². The summed E-state index contributed by atoms with van der Waals surface area (Å²) in [6.07, 6.45) is 2.73. The topological polar surface area (TPSA) is 29.5 Å². The molecule has 20 heavy (non-hydrogen) atoms. The van der Waals surface area contributed by atoms with Crippen molar-refractivity contribution < 1.29 is 9.53 Å². The van der Waals surface area contributed by atoms with Crippen LogP contribution in [0.4, 0.5) is 0 Å². The highest BCUT2D eigenvalue weighted by molar-refractivity contribution is 5.82. The van der Waals surface area contributed by atoms with Gasteiger partial charge in [0.25, 0.3) is 5.91 Å². The van der Waals surface area contributed by atoms with Crippen LogP contribution in [0.2, 0.25) is 0 Å². The van der Waals surface area contributed by atoms with E-state index in [9.17, 15) is 4.79 Å². The minimum Gasteiger partial charge on any atom is -0.368 e. The summed E-state index contributed by atoms with van der Waals surface area (Å²) in [5.74, 6) is 0.637. The lowest BCUT2D eigenvalue weighted by Gasteiger charge is -2.30. The summed E-state index contributed by atoms with van der Waals surface area (Å²) in [4.78, 5) is 14.7. The largest absolute Gasteiger partial charge is 0.368 e. The molecule has 4 atom stereocenters. The van der Waals surface area contributed by atoms with Crippen molar-refractivity contribution in [3.05, 3.63) is 35.9 Å². The molecular formula is C17H23NO2. The Morgan fingerprint density at radius 3 is 2.65 bits per heavy atom. The van der Waals surface area contributed by atoms with Crippen LogP contribution in [0.3, 0.4) is 0 Å². The Kier molecular flexibility index (Phi) is 3.79. The van der Waals surface area contributed by atoms with Crippen molar-refractivity contribution in [2.75, 3.05) is 6.61 Å². The molecule has 1 amide bonds. The molecule has 0 aromatic heterocycles. The van der Waals surface area contributed by atoms with Crippen molar-refractivity contribution in [1.29, 1.82) is 0 Å². The third-order valence-electron chi connectivity index (χ3n) is 4.78. The third kappa shape index (κ3) is 2.35. The number of carbonyl (C=O) groups excluding carboxylic acids is 1. The molecule has 0 aliphatic carbocycles. The van der Waals surface area contributed by atoms with Gasteiger partial charge < -0.3 is 9.64 Å². The summed E-state index contributed by atoms with van der Waals surface area (Å²) in [5.41, 5.74) is 1.34. The van der Waals surface area contributed by atoms with Gasteiger partial charge in [-0.15, -0.1) is 0 Å². The summed E-state index contributed by atoms with van der Waals surface area (Å²) in [7, 11) is 0. The Hall–Kier alpha value is -1.35. The van der Waals surface area contributed by atoms with Crippen LogP contribution in [-0.2, 0) is 9.53 Å². The van der Waals surface area contributed by atoms with Crippen LogP contribution in [0.5, 0.6) is 0 Å². The lowest BCUT2D eigenvalue weighted by atomic mass is 9.92. The van der Waals surface area contributed by atoms with Gasteiger partial charge in [0, 0.05) is 24.6 Å². The Morgan fingerprint density at radius 2 is 2.00 bits per heavy atom. The van der Waals surface area contributed by atoms with Crippen molar-refractivity contribution >= 4 is 5.91 Å². The van der Waals surface area contributed by atoms with Crippen LogP contribution >= 0.6 is 0 Å². The van der Waals surface area contributed by atoms with Gasteiger partial charge in [-0.05, 0) is 38.7 Å². The molecule has 2 aliphatic rings. The number of nitrogens with zero attached hydrogens (tertiary/aromatic N) is 1. The maximum Gasteiger partial charge on any atom is 0.252 e. The first-order valence-electron chi connectivity index (χ1n) is 7.67. The molecule has 2 saturated heterocycles. The third-order valence-corrected chi connectivity index (χ3v) is 4.78. The highest BCUT2D eigenvalue weighted by Crippen LogP contribution is 2.38. The second kappa shape index (κ2) is 5.57. The quantitative estimate of drug-likeness (QED) is 0.829. The van der Waals surface area contributed by atoms with Crippen LogP contribution in [0.15, 0.2) is 30.3 Å². The number of ether oxygens (including phenoxy) is 1. The molecule has 4 unspecified atom stereocenters. The number of hydrogen-bond acceptors (Lipinski definition) is 2. The second-order valence-corrected chi connectivity index (χ2v) is 6.09. The highest BCUT2D eigenvalue weighted by atomic mass is 16.5. The summed E-state index contributed by atoms with van der Waals surface area (Å²) in [5, 5.41) is 0. The maximum absolute atomic E-state index is 12.6. The van der Waals surface area contributed by atoms with Crippen LogP contribution < -0.4 is 0 Å². The Balaban J connectivity index is 1.78. The SMILES string of the molecule is CC1CC(c2ccccc2)C(C)N1C(=O)C1CCCO1. The molecular weight excluding hydrogens is 250 g/mol. The molecule has 0 spiro atoms. The molecule has 2 aliphatic heterocycles. The number of carbonyl (C=O) groups is 1. The molecule has 3 rings (SSSR count). The Labute approximate surface area is 120 Å². The fourth-order valence-electron chi connectivity index (χ4n) is 3.74. The molecule has 2 fully saturated rings. The summed E-state index contributed by atoms with van der Waals surface area (Å²) < 4.78 is 5.57. The van der Waals surface area contributed by atoms with Crippen molar-refractivity contribution in [3.63, 3.8) is 0 Å². The van der Waals surface area contributed by atoms with Gasteiger partial charge in [0.2, 0.25) is 0 Å². The van der Waals surface area contributed by atoms with Crippen LogP contribution in [0, 0.1) is 0 Å². The fraction of sp³-hybridized carbons (Fsp3) is 0.588. The first kappa shape index (κ1) is 13.6. The average Bonchev–Trinajstić information content (AvgIpc) is 3.08. The zero-order chi connectivity index (χ0) is 14.1. The van der Waals surface area contributed by atoms with E-state index >= 15 is 0 Å². The number of hydrogen-bond donors (Lipinski definition) is 0. The minimum absolute atomic E-state index is 0.195. The van der Waals surface area contributed by atoms with E-state index < -0.39 is 0 Å². The van der Waals surface area contributed by atoms with Gasteiger partial charge in [0.05, 0.1) is 0 Å². The highest BCUT2D eigenvalue weighted by Gasteiger charge is 2.42. The second-order valence-electron chi connectivity index (χ2n) is 6.09. The van der Waals surface area contributed by atoms with Crippen molar-refractivity contribution in [2.45, 2.75) is 57.2 Å². The minimum atomic E-state index is -0.200. The predicted octanol–water partition coefficient (Wildman–Crippen LogP) is 2.96. The van der Waals surface area contributed by atoms with Gasteiger partial charge >= 0.3 is 0 Å². The van der Waals surface area contributed by atoms with Gasteiger partial charge in [0.15, 0.2) is 0 Å². The number of amides is 1. The standard InChI is InChI=1S/C17H23NO2/c1-12-11-15(14-7-4-3-5-8-14)13(2)18(12)17(19)16-9-6-10-20-16/h3-5,7-8,12-13,15-16H,6,9-11H2,1-2H3. The molecule has 3 heteroatoms. The van der Waals surface area contributed by atoms with E-state index in [2.05, 4.69) is 43.0 Å². The van der Waals surface area contributed by atoms with Gasteiger partial charge in [0.1, 0.15) is 6.10 Å². The normalized spacial score (nSPS) is 33.6. The number of likely N-dealkylation sites (tertiary alicyclic amines) is 1. The van der Waals surface area contributed by atoms with Crippen molar-refractivity contribution in [1.82, 2.24) is 4.90 Å². The van der Waals surface area contributed by atoms with Gasteiger partial charge in [-0.1, -0.05) is 30.3 Å². The first-order chi connectivity index (χ1) is 9.68. The first-order valence-corrected chi connectivity index (χ1v) is 7.67. The summed E-state index contributed by atoms with van der Waals surface area (Å²) >= 11 is 0. The van der Waals surface area contributed by atoms with Crippen LogP contribution in [0.1, 0.15) is 44.6 Å². The van der Waals surface area contributed by atoms with E-state index in [4.69, 9.17) is 4.74 Å². The Bertz CT molecular complexity index is 467. The van der Waals surface area contributed by atoms with Crippen LogP contribution in [0.25, 0.3) is 0 Å². The summed E-state index contributed by atoms with van der Waals surface area (Å²) in [6.45, 7) is 5.06. The van der Waals surface area contributed by atoms with Gasteiger partial charge in [-0.3, -0.25) is 4.79 Å². The van der Waals surface area contributed by atoms with Crippen LogP contribution in [-0.4, -0.2) is 35.6 Å². The summed E-state index contributed by atoms with van der Waals surface area (Å²) in [6, 6.07) is 11.1. The smallest absolute Gasteiger partial charge is 0.252 e. The van der Waals surface area contributed by atoms with Crippen molar-refractivity contribution in [2.24, 2.45) is 0 Å². The zero-order valence-electron chi connectivity index (χ0n) is 12.3. The van der Waals surface area contributed by atoms with E-state index in [1.165, 1.54) is 5.56 Å². The monoisotopic (exact) mass is 273 g/mol. The maximum atomic E-state index is 12.6. The lowest BCUT2D eigenvalue weighted by Crippen LogP contribution is -2.45. The molecule has 0 bridgehead atoms. The molecule has 108 valence electrons. The molecule has 0 N–H and O–H groups in total. The number of rotatable bonds is 2. The van der Waals surface area contributed by atoms with E-state index in [1.54, 1.807) is 0 Å². The lowest BCUT2D eigenvalue weighted by molar-refractivity contribution is -0.143. The predicted molar refractivity (Wildman–Crippen MR) is 78.5 cm³/mol.